The molecule has 2 heterocycles. The third kappa shape index (κ3) is 3.58. The van der Waals surface area contributed by atoms with Gasteiger partial charge < -0.3 is 5.32 Å². The molecule has 0 amide bonds. The van der Waals surface area contributed by atoms with Gasteiger partial charge in [0.1, 0.15) is 5.82 Å². The molecular weight excluding hydrogens is 366 g/mol. The van der Waals surface area contributed by atoms with Gasteiger partial charge in [-0.15, -0.1) is 23.7 Å². The van der Waals surface area contributed by atoms with Crippen LogP contribution in [0.4, 0.5) is 4.39 Å². The van der Waals surface area contributed by atoms with Gasteiger partial charge in [0.15, 0.2) is 0 Å². The fourth-order valence-electron chi connectivity index (χ4n) is 2.69. The van der Waals surface area contributed by atoms with Crippen LogP contribution in [0, 0.1) is 5.82 Å². The molecule has 0 bridgehead atoms. The molecule has 0 spiro atoms. The molecule has 3 rings (SSSR count). The summed E-state index contributed by atoms with van der Waals surface area (Å²) < 4.78 is 14.6. The van der Waals surface area contributed by atoms with Gasteiger partial charge in [-0.25, -0.2) is 4.39 Å². The first-order valence-electron chi connectivity index (χ1n) is 6.80. The first-order chi connectivity index (χ1) is 10.2. The molecule has 0 unspecified atom stereocenters. The van der Waals surface area contributed by atoms with Gasteiger partial charge in [-0.1, -0.05) is 29.3 Å². The molecule has 7 heteroatoms. The number of hydrogen-bond acceptors (Lipinski definition) is 3. The Morgan fingerprint density at radius 1 is 1.14 bits per heavy atom. The van der Waals surface area contributed by atoms with Crippen LogP contribution in [0.25, 0.3) is 0 Å². The SMILES string of the molecule is Cl.Fc1c(Cl)ccc(Cl)c1[C@@H](c1cccs1)N1CCNCC1. The number of rotatable bonds is 3. The molecule has 2 aromatic rings. The van der Waals surface area contributed by atoms with E-state index in [0.29, 0.717) is 10.6 Å². The second kappa shape index (κ2) is 7.95. The van der Waals surface area contributed by atoms with Crippen LogP contribution in [0.2, 0.25) is 10.0 Å². The van der Waals surface area contributed by atoms with Crippen molar-refractivity contribution in [3.8, 4) is 0 Å². The van der Waals surface area contributed by atoms with Crippen LogP contribution in [0.1, 0.15) is 16.5 Å². The van der Waals surface area contributed by atoms with Gasteiger partial charge in [0.2, 0.25) is 0 Å². The van der Waals surface area contributed by atoms with E-state index < -0.39 is 5.82 Å². The molecule has 1 atom stereocenters. The molecule has 0 aliphatic carbocycles. The number of piperazine rings is 1. The van der Waals surface area contributed by atoms with E-state index in [4.69, 9.17) is 23.2 Å². The predicted octanol–water partition coefficient (Wildman–Crippen LogP) is 4.61. The number of halogens is 4. The summed E-state index contributed by atoms with van der Waals surface area (Å²) in [4.78, 5) is 3.34. The molecule has 1 aliphatic heterocycles. The van der Waals surface area contributed by atoms with Gasteiger partial charge in [-0.05, 0) is 23.6 Å². The molecule has 0 saturated carbocycles. The summed E-state index contributed by atoms with van der Waals surface area (Å²) in [6.07, 6.45) is 0. The van der Waals surface area contributed by atoms with Crippen molar-refractivity contribution in [3.05, 3.63) is 55.9 Å². The Bertz CT molecular complexity index is 616. The lowest BCUT2D eigenvalue weighted by atomic mass is 10.0. The minimum Gasteiger partial charge on any atom is -0.314 e. The summed E-state index contributed by atoms with van der Waals surface area (Å²) in [5.74, 6) is -0.416. The lowest BCUT2D eigenvalue weighted by Gasteiger charge is -2.35. The fraction of sp³-hybridized carbons (Fsp3) is 0.333. The second-order valence-corrected chi connectivity index (χ2v) is 6.75. The van der Waals surface area contributed by atoms with Crippen molar-refractivity contribution in [2.75, 3.05) is 26.2 Å². The number of nitrogens with one attached hydrogen (secondary N) is 1. The maximum Gasteiger partial charge on any atom is 0.148 e. The van der Waals surface area contributed by atoms with Crippen molar-refractivity contribution >= 4 is 46.9 Å². The smallest absolute Gasteiger partial charge is 0.148 e. The number of nitrogens with zero attached hydrogens (tertiary/aromatic N) is 1. The summed E-state index contributed by atoms with van der Waals surface area (Å²) in [5, 5.41) is 5.86. The first kappa shape index (κ1) is 18.0. The van der Waals surface area contributed by atoms with E-state index in [2.05, 4.69) is 10.2 Å². The predicted molar refractivity (Wildman–Crippen MR) is 94.3 cm³/mol. The molecular formula is C15H16Cl3FN2S. The Labute approximate surface area is 149 Å². The zero-order valence-electron chi connectivity index (χ0n) is 11.7. The minimum absolute atomic E-state index is 0. The molecule has 2 nitrogen and oxygen atoms in total. The van der Waals surface area contributed by atoms with Gasteiger partial charge in [0, 0.05) is 41.6 Å². The third-order valence-corrected chi connectivity index (χ3v) is 5.23. The standard InChI is InChI=1S/C15H15Cl2FN2S.ClH/c16-10-3-4-11(17)14(18)13(10)15(12-2-1-9-21-12)20-7-5-19-6-8-20;/h1-4,9,15,19H,5-8H2;1H/t15-;/m1./s1. The fourth-order valence-corrected chi connectivity index (χ4v) is 3.97. The van der Waals surface area contributed by atoms with Crippen LogP contribution < -0.4 is 5.32 Å². The van der Waals surface area contributed by atoms with Gasteiger partial charge in [-0.3, -0.25) is 4.90 Å². The highest BCUT2D eigenvalue weighted by Crippen LogP contribution is 2.39. The molecule has 0 radical (unpaired) electrons. The molecule has 1 aliphatic rings. The highest BCUT2D eigenvalue weighted by Gasteiger charge is 2.29. The largest absolute Gasteiger partial charge is 0.314 e. The first-order valence-corrected chi connectivity index (χ1v) is 8.43. The topological polar surface area (TPSA) is 15.3 Å². The van der Waals surface area contributed by atoms with Crippen molar-refractivity contribution < 1.29 is 4.39 Å². The van der Waals surface area contributed by atoms with Crippen LogP contribution in [-0.4, -0.2) is 31.1 Å². The summed E-state index contributed by atoms with van der Waals surface area (Å²) in [7, 11) is 0. The summed E-state index contributed by atoms with van der Waals surface area (Å²) >= 11 is 13.9. The lowest BCUT2D eigenvalue weighted by Crippen LogP contribution is -2.45. The Morgan fingerprint density at radius 2 is 1.82 bits per heavy atom. The Morgan fingerprint density at radius 3 is 2.45 bits per heavy atom. The zero-order chi connectivity index (χ0) is 14.8. The second-order valence-electron chi connectivity index (χ2n) is 4.96. The highest BCUT2D eigenvalue weighted by atomic mass is 35.5. The summed E-state index contributed by atoms with van der Waals surface area (Å²) in [5.41, 5.74) is 0.480. The normalized spacial score (nSPS) is 17.0. The number of benzene rings is 1. The maximum absolute atomic E-state index is 14.6. The molecule has 1 N–H and O–H groups in total. The van der Waals surface area contributed by atoms with Gasteiger partial charge in [-0.2, -0.15) is 0 Å². The van der Waals surface area contributed by atoms with Crippen LogP contribution in [0.15, 0.2) is 29.6 Å². The van der Waals surface area contributed by atoms with E-state index in [0.717, 1.165) is 31.1 Å². The maximum atomic E-state index is 14.6. The molecule has 22 heavy (non-hydrogen) atoms. The van der Waals surface area contributed by atoms with E-state index in [1.54, 1.807) is 17.4 Å². The summed E-state index contributed by atoms with van der Waals surface area (Å²) in [6, 6.07) is 7.00. The Hall–Kier alpha value is -0.360. The van der Waals surface area contributed by atoms with Crippen molar-refractivity contribution in [1.82, 2.24) is 10.2 Å². The summed E-state index contributed by atoms with van der Waals surface area (Å²) in [6.45, 7) is 3.49. The average molecular weight is 382 g/mol. The molecule has 1 aromatic heterocycles. The van der Waals surface area contributed by atoms with Gasteiger partial charge in [0.05, 0.1) is 11.1 Å². The minimum atomic E-state index is -0.416. The number of thiophene rings is 1. The molecule has 1 aromatic carbocycles. The van der Waals surface area contributed by atoms with E-state index in [9.17, 15) is 4.39 Å². The van der Waals surface area contributed by atoms with Crippen LogP contribution >= 0.6 is 46.9 Å². The van der Waals surface area contributed by atoms with Crippen LogP contribution in [-0.2, 0) is 0 Å². The van der Waals surface area contributed by atoms with E-state index in [1.165, 1.54) is 6.07 Å². The van der Waals surface area contributed by atoms with E-state index in [-0.39, 0.29) is 23.5 Å². The molecule has 120 valence electrons. The average Bonchev–Trinajstić information content (AvgIpc) is 3.02. The Balaban J connectivity index is 0.00000176. The third-order valence-electron chi connectivity index (χ3n) is 3.68. The quantitative estimate of drug-likeness (QED) is 0.781. The molecule has 1 fully saturated rings. The lowest BCUT2D eigenvalue weighted by molar-refractivity contribution is 0.197. The number of hydrogen-bond donors (Lipinski definition) is 1. The van der Waals surface area contributed by atoms with Crippen molar-refractivity contribution in [3.63, 3.8) is 0 Å². The van der Waals surface area contributed by atoms with Crippen LogP contribution in [0.3, 0.4) is 0 Å². The van der Waals surface area contributed by atoms with Crippen molar-refractivity contribution in [2.24, 2.45) is 0 Å². The van der Waals surface area contributed by atoms with E-state index in [1.807, 2.05) is 17.5 Å². The molecule has 1 saturated heterocycles. The van der Waals surface area contributed by atoms with Crippen molar-refractivity contribution in [2.45, 2.75) is 6.04 Å². The van der Waals surface area contributed by atoms with Gasteiger partial charge in [0.25, 0.3) is 0 Å². The van der Waals surface area contributed by atoms with Crippen molar-refractivity contribution in [1.29, 1.82) is 0 Å². The van der Waals surface area contributed by atoms with Gasteiger partial charge >= 0.3 is 0 Å². The highest BCUT2D eigenvalue weighted by molar-refractivity contribution is 7.10. The van der Waals surface area contributed by atoms with E-state index >= 15 is 0 Å². The van der Waals surface area contributed by atoms with Crippen LogP contribution in [0.5, 0.6) is 0 Å². The zero-order valence-corrected chi connectivity index (χ0v) is 14.8. The Kier molecular flexibility index (Phi) is 6.50. The monoisotopic (exact) mass is 380 g/mol.